The Morgan fingerprint density at radius 2 is 1.57 bits per heavy atom. The minimum atomic E-state index is -3.79. The van der Waals surface area contributed by atoms with Gasteiger partial charge >= 0.3 is 0 Å². The van der Waals surface area contributed by atoms with Gasteiger partial charge in [0.1, 0.15) is 0 Å². The van der Waals surface area contributed by atoms with E-state index in [9.17, 15) is 13.5 Å². The van der Waals surface area contributed by atoms with Crippen LogP contribution in [0.4, 0.5) is 0 Å². The van der Waals surface area contributed by atoms with E-state index in [0.29, 0.717) is 12.0 Å². The molecule has 4 N–H and O–H groups in total. The molecule has 0 aliphatic carbocycles. The first-order valence-electron chi connectivity index (χ1n) is 9.41. The third-order valence-electron chi connectivity index (χ3n) is 4.51. The monoisotopic (exact) mass is 406 g/mol. The summed E-state index contributed by atoms with van der Waals surface area (Å²) in [4.78, 5) is 0.134. The Balaban J connectivity index is 2.17. The predicted octanol–water partition coefficient (Wildman–Crippen LogP) is 1.76. The maximum Gasteiger partial charge on any atom is 0.243 e. The van der Waals surface area contributed by atoms with Gasteiger partial charge in [0.15, 0.2) is 0 Å². The molecular formula is C21H30N2O4S. The van der Waals surface area contributed by atoms with Crippen molar-refractivity contribution >= 4 is 10.0 Å². The highest BCUT2D eigenvalue weighted by Gasteiger charge is 2.29. The Morgan fingerprint density at radius 3 is 2.11 bits per heavy atom. The van der Waals surface area contributed by atoms with E-state index < -0.39 is 22.2 Å². The molecule has 0 fully saturated rings. The van der Waals surface area contributed by atoms with Gasteiger partial charge in [-0.2, -0.15) is 4.31 Å². The van der Waals surface area contributed by atoms with E-state index in [4.69, 9.17) is 10.8 Å². The molecule has 0 saturated carbocycles. The van der Waals surface area contributed by atoms with Crippen LogP contribution in [0.2, 0.25) is 0 Å². The van der Waals surface area contributed by atoms with E-state index >= 15 is 0 Å². The molecule has 0 heterocycles. The number of nitrogens with two attached hydrogens (primary N) is 1. The molecule has 28 heavy (non-hydrogen) atoms. The summed E-state index contributed by atoms with van der Waals surface area (Å²) in [6, 6.07) is 15.1. The first kappa shape index (κ1) is 22.5. The van der Waals surface area contributed by atoms with E-state index in [1.807, 2.05) is 44.2 Å². The van der Waals surface area contributed by atoms with Gasteiger partial charge in [-0.15, -0.1) is 0 Å². The van der Waals surface area contributed by atoms with E-state index in [2.05, 4.69) is 0 Å². The average Bonchev–Trinajstić information content (AvgIpc) is 2.67. The highest BCUT2D eigenvalue weighted by molar-refractivity contribution is 7.89. The molecule has 7 heteroatoms. The summed E-state index contributed by atoms with van der Waals surface area (Å²) in [6.45, 7) is 3.90. The lowest BCUT2D eigenvalue weighted by Crippen LogP contribution is -2.47. The Hall–Kier alpha value is -1.77. The number of sulfonamides is 1. The fraction of sp³-hybridized carbons (Fsp3) is 0.429. The number of aliphatic hydroxyl groups excluding tert-OH is 2. The molecule has 154 valence electrons. The second-order valence-corrected chi connectivity index (χ2v) is 9.38. The molecule has 0 amide bonds. The summed E-state index contributed by atoms with van der Waals surface area (Å²) < 4.78 is 27.5. The van der Waals surface area contributed by atoms with Crippen LogP contribution >= 0.6 is 0 Å². The van der Waals surface area contributed by atoms with Gasteiger partial charge in [0, 0.05) is 19.1 Å². The van der Waals surface area contributed by atoms with E-state index in [-0.39, 0.29) is 30.5 Å². The highest BCUT2D eigenvalue weighted by atomic mass is 32.2. The Bertz CT molecular complexity index is 823. The minimum Gasteiger partial charge on any atom is -0.392 e. The van der Waals surface area contributed by atoms with Crippen LogP contribution in [0.25, 0.3) is 0 Å². The number of hydrogen-bond acceptors (Lipinski definition) is 5. The quantitative estimate of drug-likeness (QED) is 0.558. The van der Waals surface area contributed by atoms with Crippen LogP contribution in [-0.4, -0.2) is 48.2 Å². The third-order valence-corrected chi connectivity index (χ3v) is 6.36. The number of nitrogens with zero attached hydrogens (tertiary/aromatic N) is 1. The summed E-state index contributed by atoms with van der Waals surface area (Å²) in [7, 11) is -3.79. The van der Waals surface area contributed by atoms with Crippen molar-refractivity contribution in [3.63, 3.8) is 0 Å². The molecule has 0 saturated heterocycles. The molecule has 0 aliphatic heterocycles. The number of hydrogen-bond donors (Lipinski definition) is 3. The molecule has 0 bridgehead atoms. The summed E-state index contributed by atoms with van der Waals surface area (Å²) in [5.74, 6) is 0.0871. The maximum absolute atomic E-state index is 13.1. The van der Waals surface area contributed by atoms with Crippen molar-refractivity contribution in [3.05, 3.63) is 65.7 Å². The summed E-state index contributed by atoms with van der Waals surface area (Å²) >= 11 is 0. The highest BCUT2D eigenvalue weighted by Crippen LogP contribution is 2.19. The lowest BCUT2D eigenvalue weighted by molar-refractivity contribution is 0.116. The van der Waals surface area contributed by atoms with E-state index in [1.165, 1.54) is 16.4 Å². The third kappa shape index (κ3) is 6.12. The number of benzene rings is 2. The van der Waals surface area contributed by atoms with Crippen LogP contribution < -0.4 is 5.73 Å². The summed E-state index contributed by atoms with van der Waals surface area (Å²) in [5.41, 5.74) is 7.78. The molecule has 0 radical (unpaired) electrons. The van der Waals surface area contributed by atoms with Crippen molar-refractivity contribution in [2.45, 2.75) is 43.9 Å². The van der Waals surface area contributed by atoms with Crippen LogP contribution in [0, 0.1) is 5.92 Å². The minimum absolute atomic E-state index is 0.0731. The fourth-order valence-electron chi connectivity index (χ4n) is 2.96. The van der Waals surface area contributed by atoms with Crippen molar-refractivity contribution in [3.8, 4) is 0 Å². The predicted molar refractivity (Wildman–Crippen MR) is 110 cm³/mol. The van der Waals surface area contributed by atoms with Crippen LogP contribution in [0.5, 0.6) is 0 Å². The average molecular weight is 407 g/mol. The normalized spacial score (nSPS) is 14.4. The van der Waals surface area contributed by atoms with Crippen molar-refractivity contribution < 1.29 is 18.6 Å². The maximum atomic E-state index is 13.1. The lowest BCUT2D eigenvalue weighted by atomic mass is 10.0. The molecule has 1 unspecified atom stereocenters. The van der Waals surface area contributed by atoms with E-state index in [0.717, 1.165) is 5.56 Å². The second kappa shape index (κ2) is 10.1. The van der Waals surface area contributed by atoms with Crippen molar-refractivity contribution in [1.82, 2.24) is 4.31 Å². The molecule has 2 rings (SSSR count). The SMILES string of the molecule is CC(C)CN(C[C@@H](O)C(N)Cc1ccccc1)S(=O)(=O)c1ccc(CO)cc1. The molecule has 0 spiro atoms. The number of aliphatic hydroxyl groups is 2. The Labute approximate surface area is 167 Å². The zero-order chi connectivity index (χ0) is 20.7. The van der Waals surface area contributed by atoms with Crippen LogP contribution in [-0.2, 0) is 23.1 Å². The van der Waals surface area contributed by atoms with E-state index in [1.54, 1.807) is 12.1 Å². The summed E-state index contributed by atoms with van der Waals surface area (Å²) in [5, 5.41) is 19.7. The lowest BCUT2D eigenvalue weighted by Gasteiger charge is -2.28. The van der Waals surface area contributed by atoms with Gasteiger partial charge in [0.05, 0.1) is 17.6 Å². The standard InChI is InChI=1S/C21H30N2O4S/c1-16(2)13-23(28(26,27)19-10-8-18(15-24)9-11-19)14-21(25)20(22)12-17-6-4-3-5-7-17/h3-11,16,20-21,24-25H,12-15,22H2,1-2H3/t20?,21-/m1/s1. The summed E-state index contributed by atoms with van der Waals surface area (Å²) in [6.07, 6.45) is -0.534. The first-order chi connectivity index (χ1) is 13.2. The van der Waals surface area contributed by atoms with Crippen molar-refractivity contribution in [2.24, 2.45) is 11.7 Å². The van der Waals surface area contributed by atoms with Gasteiger partial charge in [-0.05, 0) is 35.6 Å². The van der Waals surface area contributed by atoms with Crippen LogP contribution in [0.15, 0.2) is 59.5 Å². The zero-order valence-corrected chi connectivity index (χ0v) is 17.2. The van der Waals surface area contributed by atoms with Gasteiger partial charge in [0.2, 0.25) is 10.0 Å². The molecule has 2 atom stereocenters. The van der Waals surface area contributed by atoms with Gasteiger partial charge in [0.25, 0.3) is 0 Å². The molecule has 0 aliphatic rings. The Kier molecular flexibility index (Phi) is 8.15. The zero-order valence-electron chi connectivity index (χ0n) is 16.4. The smallest absolute Gasteiger partial charge is 0.243 e. The van der Waals surface area contributed by atoms with Gasteiger partial charge in [-0.1, -0.05) is 56.3 Å². The Morgan fingerprint density at radius 1 is 0.964 bits per heavy atom. The van der Waals surface area contributed by atoms with Crippen LogP contribution in [0.3, 0.4) is 0 Å². The molecular weight excluding hydrogens is 376 g/mol. The van der Waals surface area contributed by atoms with Gasteiger partial charge in [-0.3, -0.25) is 0 Å². The van der Waals surface area contributed by atoms with Crippen molar-refractivity contribution in [1.29, 1.82) is 0 Å². The number of rotatable bonds is 10. The second-order valence-electron chi connectivity index (χ2n) is 7.44. The van der Waals surface area contributed by atoms with Gasteiger partial charge in [-0.25, -0.2) is 8.42 Å². The molecule has 0 aromatic heterocycles. The van der Waals surface area contributed by atoms with Gasteiger partial charge < -0.3 is 15.9 Å². The molecule has 2 aromatic carbocycles. The largest absolute Gasteiger partial charge is 0.392 e. The first-order valence-corrected chi connectivity index (χ1v) is 10.9. The van der Waals surface area contributed by atoms with Crippen LogP contribution in [0.1, 0.15) is 25.0 Å². The molecule has 6 nitrogen and oxygen atoms in total. The molecule has 2 aromatic rings. The van der Waals surface area contributed by atoms with Crippen molar-refractivity contribution in [2.75, 3.05) is 13.1 Å². The topological polar surface area (TPSA) is 104 Å². The fourth-order valence-corrected chi connectivity index (χ4v) is 4.58.